The lowest BCUT2D eigenvalue weighted by Crippen LogP contribution is -2.29. The van der Waals surface area contributed by atoms with Gasteiger partial charge in [0.05, 0.1) is 0 Å². The van der Waals surface area contributed by atoms with Gasteiger partial charge in [0.15, 0.2) is 0 Å². The Morgan fingerprint density at radius 2 is 1.95 bits per heavy atom. The number of benzene rings is 2. The van der Waals surface area contributed by atoms with Crippen molar-refractivity contribution in [3.05, 3.63) is 48.0 Å². The van der Waals surface area contributed by atoms with Crippen LogP contribution < -0.4 is 11.1 Å². The van der Waals surface area contributed by atoms with E-state index in [1.807, 2.05) is 19.1 Å². The van der Waals surface area contributed by atoms with Crippen molar-refractivity contribution in [3.63, 3.8) is 0 Å². The van der Waals surface area contributed by atoms with Crippen LogP contribution in [0.1, 0.15) is 18.9 Å². The number of amides is 1. The molecular formula is C16H20N2O. The van der Waals surface area contributed by atoms with Crippen molar-refractivity contribution >= 4 is 16.7 Å². The molecule has 1 amide bonds. The van der Waals surface area contributed by atoms with Crippen LogP contribution in [0.5, 0.6) is 0 Å². The molecule has 0 heterocycles. The maximum atomic E-state index is 11.8. The molecule has 1 unspecified atom stereocenters. The van der Waals surface area contributed by atoms with Gasteiger partial charge in [-0.2, -0.15) is 0 Å². The van der Waals surface area contributed by atoms with Crippen molar-refractivity contribution in [1.82, 2.24) is 5.32 Å². The van der Waals surface area contributed by atoms with E-state index in [9.17, 15) is 4.79 Å². The number of carbonyl (C=O) groups is 1. The lowest BCUT2D eigenvalue weighted by Gasteiger charge is -2.11. The van der Waals surface area contributed by atoms with Crippen LogP contribution in [-0.4, -0.2) is 12.5 Å². The van der Waals surface area contributed by atoms with E-state index in [4.69, 9.17) is 5.73 Å². The van der Waals surface area contributed by atoms with E-state index in [-0.39, 0.29) is 11.8 Å². The molecule has 2 aromatic carbocycles. The third kappa shape index (κ3) is 3.55. The van der Waals surface area contributed by atoms with Crippen molar-refractivity contribution in [1.29, 1.82) is 0 Å². The number of carbonyl (C=O) groups excluding carboxylic acids is 1. The van der Waals surface area contributed by atoms with Gasteiger partial charge in [-0.1, -0.05) is 43.3 Å². The third-order valence-electron chi connectivity index (χ3n) is 3.33. The maximum absolute atomic E-state index is 11.8. The van der Waals surface area contributed by atoms with Crippen LogP contribution in [0.4, 0.5) is 0 Å². The van der Waals surface area contributed by atoms with Gasteiger partial charge >= 0.3 is 0 Å². The van der Waals surface area contributed by atoms with Gasteiger partial charge in [0.25, 0.3) is 0 Å². The summed E-state index contributed by atoms with van der Waals surface area (Å²) >= 11 is 0. The summed E-state index contributed by atoms with van der Waals surface area (Å²) in [4.78, 5) is 11.8. The van der Waals surface area contributed by atoms with Crippen LogP contribution in [0.15, 0.2) is 42.5 Å². The van der Waals surface area contributed by atoms with Gasteiger partial charge < -0.3 is 11.1 Å². The zero-order valence-electron chi connectivity index (χ0n) is 11.2. The van der Waals surface area contributed by atoms with E-state index in [1.165, 1.54) is 10.8 Å². The molecule has 0 spiro atoms. The smallest absolute Gasteiger partial charge is 0.223 e. The van der Waals surface area contributed by atoms with Crippen LogP contribution in [0.2, 0.25) is 0 Å². The van der Waals surface area contributed by atoms with Crippen LogP contribution in [-0.2, 0) is 11.3 Å². The second-order valence-electron chi connectivity index (χ2n) is 4.88. The van der Waals surface area contributed by atoms with E-state index >= 15 is 0 Å². The van der Waals surface area contributed by atoms with E-state index < -0.39 is 0 Å². The average Bonchev–Trinajstić information content (AvgIpc) is 2.44. The first kappa shape index (κ1) is 13.6. The Morgan fingerprint density at radius 3 is 2.68 bits per heavy atom. The Bertz CT molecular complexity index is 565. The van der Waals surface area contributed by atoms with Gasteiger partial charge in [-0.05, 0) is 35.4 Å². The van der Waals surface area contributed by atoms with E-state index in [0.717, 1.165) is 12.0 Å². The molecule has 3 nitrogen and oxygen atoms in total. The summed E-state index contributed by atoms with van der Waals surface area (Å²) in [7, 11) is 0. The summed E-state index contributed by atoms with van der Waals surface area (Å²) < 4.78 is 0. The minimum Gasteiger partial charge on any atom is -0.352 e. The predicted molar refractivity (Wildman–Crippen MR) is 78.6 cm³/mol. The Labute approximate surface area is 113 Å². The zero-order valence-corrected chi connectivity index (χ0v) is 11.2. The highest BCUT2D eigenvalue weighted by Crippen LogP contribution is 2.15. The lowest BCUT2D eigenvalue weighted by molar-refractivity contribution is -0.124. The molecule has 0 fully saturated rings. The largest absolute Gasteiger partial charge is 0.352 e. The number of rotatable bonds is 5. The molecule has 2 rings (SSSR count). The van der Waals surface area contributed by atoms with Crippen molar-refractivity contribution < 1.29 is 4.79 Å². The van der Waals surface area contributed by atoms with Gasteiger partial charge in [0.1, 0.15) is 0 Å². The van der Waals surface area contributed by atoms with Crippen LogP contribution in [0.3, 0.4) is 0 Å². The molecule has 0 aliphatic heterocycles. The topological polar surface area (TPSA) is 55.1 Å². The number of hydrogen-bond donors (Lipinski definition) is 2. The zero-order chi connectivity index (χ0) is 13.7. The molecule has 100 valence electrons. The Balaban J connectivity index is 2.00. The summed E-state index contributed by atoms with van der Waals surface area (Å²) in [5, 5.41) is 5.37. The van der Waals surface area contributed by atoms with Gasteiger partial charge in [-0.25, -0.2) is 0 Å². The molecule has 3 heteroatoms. The van der Waals surface area contributed by atoms with Gasteiger partial charge in [-0.3, -0.25) is 4.79 Å². The van der Waals surface area contributed by atoms with Gasteiger partial charge in [0, 0.05) is 12.5 Å². The van der Waals surface area contributed by atoms with E-state index in [1.54, 1.807) is 0 Å². The predicted octanol–water partition coefficient (Wildman–Crippen LogP) is 2.44. The number of fused-ring (bicyclic) bond motifs is 1. The van der Waals surface area contributed by atoms with Gasteiger partial charge in [-0.15, -0.1) is 0 Å². The number of hydrogen-bond acceptors (Lipinski definition) is 2. The van der Waals surface area contributed by atoms with Gasteiger partial charge in [0.2, 0.25) is 5.91 Å². The Kier molecular flexibility index (Phi) is 4.53. The second-order valence-corrected chi connectivity index (χ2v) is 4.88. The normalized spacial score (nSPS) is 12.3. The highest BCUT2D eigenvalue weighted by molar-refractivity contribution is 5.83. The SMILES string of the molecule is CC(CCN)C(=O)NCc1ccc2ccccc2c1. The van der Waals surface area contributed by atoms with E-state index in [0.29, 0.717) is 13.1 Å². The standard InChI is InChI=1S/C16H20N2O/c1-12(8-9-17)16(19)18-11-13-6-7-14-4-2-3-5-15(14)10-13/h2-7,10,12H,8-9,11,17H2,1H3,(H,18,19). The molecule has 0 saturated heterocycles. The first-order chi connectivity index (χ1) is 9.20. The van der Waals surface area contributed by atoms with Crippen molar-refractivity contribution in [2.24, 2.45) is 11.7 Å². The molecule has 2 aromatic rings. The first-order valence-corrected chi connectivity index (χ1v) is 6.66. The third-order valence-corrected chi connectivity index (χ3v) is 3.33. The maximum Gasteiger partial charge on any atom is 0.223 e. The van der Waals surface area contributed by atoms with E-state index in [2.05, 4.69) is 35.6 Å². The Hall–Kier alpha value is -1.87. The fourth-order valence-electron chi connectivity index (χ4n) is 2.09. The molecule has 3 N–H and O–H groups in total. The molecule has 19 heavy (non-hydrogen) atoms. The van der Waals surface area contributed by atoms with Crippen LogP contribution in [0.25, 0.3) is 10.8 Å². The highest BCUT2D eigenvalue weighted by Gasteiger charge is 2.10. The quantitative estimate of drug-likeness (QED) is 0.863. The summed E-state index contributed by atoms with van der Waals surface area (Å²) in [6.07, 6.45) is 0.726. The summed E-state index contributed by atoms with van der Waals surface area (Å²) in [6.45, 7) is 3.02. The molecule has 0 bridgehead atoms. The molecule has 0 aromatic heterocycles. The fourth-order valence-corrected chi connectivity index (χ4v) is 2.09. The molecule has 0 aliphatic carbocycles. The molecule has 0 saturated carbocycles. The number of nitrogens with two attached hydrogens (primary N) is 1. The molecule has 0 radical (unpaired) electrons. The molecular weight excluding hydrogens is 236 g/mol. The Morgan fingerprint density at radius 1 is 1.21 bits per heavy atom. The second kappa shape index (κ2) is 6.34. The van der Waals surface area contributed by atoms with Crippen LogP contribution in [0, 0.1) is 5.92 Å². The lowest BCUT2D eigenvalue weighted by atomic mass is 10.1. The minimum absolute atomic E-state index is 0.0227. The summed E-state index contributed by atoms with van der Waals surface area (Å²) in [6, 6.07) is 14.5. The summed E-state index contributed by atoms with van der Waals surface area (Å²) in [5.41, 5.74) is 6.57. The van der Waals surface area contributed by atoms with Crippen LogP contribution >= 0.6 is 0 Å². The van der Waals surface area contributed by atoms with Crippen molar-refractivity contribution in [2.75, 3.05) is 6.54 Å². The van der Waals surface area contributed by atoms with Crippen molar-refractivity contribution in [3.8, 4) is 0 Å². The fraction of sp³-hybridized carbons (Fsp3) is 0.312. The summed E-state index contributed by atoms with van der Waals surface area (Å²) in [5.74, 6) is 0.0454. The van der Waals surface area contributed by atoms with Crippen molar-refractivity contribution in [2.45, 2.75) is 19.9 Å². The highest BCUT2D eigenvalue weighted by atomic mass is 16.1. The number of nitrogens with one attached hydrogen (secondary N) is 1. The monoisotopic (exact) mass is 256 g/mol. The molecule has 1 atom stereocenters. The first-order valence-electron chi connectivity index (χ1n) is 6.66. The average molecular weight is 256 g/mol. The molecule has 0 aliphatic rings. The minimum atomic E-state index is -0.0227.